The number of halogens is 3. The van der Waals surface area contributed by atoms with E-state index in [-0.39, 0.29) is 12.7 Å². The van der Waals surface area contributed by atoms with Crippen molar-refractivity contribution in [1.29, 1.82) is 0 Å². The van der Waals surface area contributed by atoms with Crippen molar-refractivity contribution >= 4 is 0 Å². The third-order valence-electron chi connectivity index (χ3n) is 2.18. The van der Waals surface area contributed by atoms with Gasteiger partial charge in [0.1, 0.15) is 0 Å². The van der Waals surface area contributed by atoms with E-state index in [2.05, 4.69) is 12.2 Å². The van der Waals surface area contributed by atoms with Crippen molar-refractivity contribution < 1.29 is 17.9 Å². The van der Waals surface area contributed by atoms with E-state index in [4.69, 9.17) is 4.74 Å². The van der Waals surface area contributed by atoms with Crippen molar-refractivity contribution in [2.24, 2.45) is 0 Å². The molecule has 0 aromatic heterocycles. The van der Waals surface area contributed by atoms with Crippen LogP contribution in [0.3, 0.4) is 0 Å². The van der Waals surface area contributed by atoms with Crippen LogP contribution in [0.15, 0.2) is 0 Å². The average Bonchev–Trinajstić information content (AvgIpc) is 2.15. The fraction of sp³-hybridized carbons (Fsp3) is 1.00. The lowest BCUT2D eigenvalue weighted by atomic mass is 10.2. The second-order valence-electron chi connectivity index (χ2n) is 3.96. The topological polar surface area (TPSA) is 21.3 Å². The molecule has 0 aromatic rings. The fourth-order valence-corrected chi connectivity index (χ4v) is 1.24. The highest BCUT2D eigenvalue weighted by Gasteiger charge is 2.26. The molecule has 0 saturated carbocycles. The van der Waals surface area contributed by atoms with E-state index in [1.54, 1.807) is 6.92 Å². The van der Waals surface area contributed by atoms with Gasteiger partial charge in [0.25, 0.3) is 0 Å². The molecule has 16 heavy (non-hydrogen) atoms. The Hall–Kier alpha value is -0.290. The molecule has 0 spiro atoms. The SMILES string of the molecule is CCCCCNCC(C)OCCC(F)(F)F. The molecule has 0 aliphatic heterocycles. The molecule has 0 saturated heterocycles. The van der Waals surface area contributed by atoms with Crippen molar-refractivity contribution in [3.05, 3.63) is 0 Å². The molecule has 0 aliphatic carbocycles. The minimum Gasteiger partial charge on any atom is -0.377 e. The second-order valence-corrected chi connectivity index (χ2v) is 3.96. The van der Waals surface area contributed by atoms with Gasteiger partial charge >= 0.3 is 6.18 Å². The minimum absolute atomic E-state index is 0.163. The van der Waals surface area contributed by atoms with Crippen LogP contribution in [-0.2, 0) is 4.74 Å². The quantitative estimate of drug-likeness (QED) is 0.626. The molecule has 1 unspecified atom stereocenters. The van der Waals surface area contributed by atoms with Crippen molar-refractivity contribution in [3.8, 4) is 0 Å². The van der Waals surface area contributed by atoms with Gasteiger partial charge in [-0.3, -0.25) is 0 Å². The zero-order valence-corrected chi connectivity index (χ0v) is 10.1. The number of hydrogen-bond acceptors (Lipinski definition) is 2. The van der Waals surface area contributed by atoms with E-state index in [1.165, 1.54) is 12.8 Å². The highest BCUT2D eigenvalue weighted by atomic mass is 19.4. The first kappa shape index (κ1) is 15.7. The number of hydrogen-bond donors (Lipinski definition) is 1. The highest BCUT2D eigenvalue weighted by Crippen LogP contribution is 2.19. The zero-order chi connectivity index (χ0) is 12.4. The monoisotopic (exact) mass is 241 g/mol. The van der Waals surface area contributed by atoms with Crippen molar-refractivity contribution in [2.45, 2.75) is 51.8 Å². The van der Waals surface area contributed by atoms with Gasteiger partial charge in [0.2, 0.25) is 0 Å². The van der Waals surface area contributed by atoms with Crippen LogP contribution in [0.4, 0.5) is 13.2 Å². The Bertz CT molecular complexity index is 162. The lowest BCUT2D eigenvalue weighted by molar-refractivity contribution is -0.148. The molecule has 0 aliphatic rings. The maximum absolute atomic E-state index is 11.8. The Balaban J connectivity index is 3.28. The van der Waals surface area contributed by atoms with Crippen LogP contribution >= 0.6 is 0 Å². The molecule has 1 atom stereocenters. The average molecular weight is 241 g/mol. The molecule has 0 aromatic carbocycles. The Kier molecular flexibility index (Phi) is 8.66. The summed E-state index contributed by atoms with van der Waals surface area (Å²) in [6.45, 7) is 5.18. The first-order valence-electron chi connectivity index (χ1n) is 5.84. The van der Waals surface area contributed by atoms with Gasteiger partial charge in [0.05, 0.1) is 19.1 Å². The van der Waals surface area contributed by atoms with Gasteiger partial charge in [-0.15, -0.1) is 0 Å². The maximum atomic E-state index is 11.8. The van der Waals surface area contributed by atoms with Crippen molar-refractivity contribution in [3.63, 3.8) is 0 Å². The summed E-state index contributed by atoms with van der Waals surface area (Å²) < 4.78 is 40.4. The minimum atomic E-state index is -4.12. The van der Waals surface area contributed by atoms with Gasteiger partial charge in [-0.1, -0.05) is 19.8 Å². The highest BCUT2D eigenvalue weighted by molar-refractivity contribution is 4.57. The third-order valence-corrected chi connectivity index (χ3v) is 2.18. The molecular formula is C11H22F3NO. The number of alkyl halides is 3. The summed E-state index contributed by atoms with van der Waals surface area (Å²) in [6, 6.07) is 0. The lowest BCUT2D eigenvalue weighted by Gasteiger charge is -2.14. The van der Waals surface area contributed by atoms with Gasteiger partial charge < -0.3 is 10.1 Å². The van der Waals surface area contributed by atoms with E-state index in [1.807, 2.05) is 0 Å². The standard InChI is InChI=1S/C11H22F3NO/c1-3-4-5-7-15-9-10(2)16-8-6-11(12,13)14/h10,15H,3-9H2,1-2H3. The maximum Gasteiger partial charge on any atom is 0.391 e. The summed E-state index contributed by atoms with van der Waals surface area (Å²) >= 11 is 0. The number of unbranched alkanes of at least 4 members (excludes halogenated alkanes) is 2. The van der Waals surface area contributed by atoms with Crippen LogP contribution in [0.1, 0.15) is 39.5 Å². The van der Waals surface area contributed by atoms with E-state index in [0.29, 0.717) is 6.54 Å². The van der Waals surface area contributed by atoms with Crippen LogP contribution in [0, 0.1) is 0 Å². The van der Waals surface area contributed by atoms with Crippen molar-refractivity contribution in [1.82, 2.24) is 5.32 Å². The van der Waals surface area contributed by atoms with E-state index >= 15 is 0 Å². The predicted octanol–water partition coefficient (Wildman–Crippen LogP) is 3.12. The molecule has 5 heteroatoms. The zero-order valence-electron chi connectivity index (χ0n) is 10.1. The van der Waals surface area contributed by atoms with Gasteiger partial charge in [0.15, 0.2) is 0 Å². The Labute approximate surface area is 95.5 Å². The molecule has 1 N–H and O–H groups in total. The fourth-order valence-electron chi connectivity index (χ4n) is 1.24. The van der Waals surface area contributed by atoms with Gasteiger partial charge in [-0.2, -0.15) is 13.2 Å². The summed E-state index contributed by atoms with van der Waals surface area (Å²) in [5, 5.41) is 3.16. The molecule has 0 rings (SSSR count). The molecule has 0 heterocycles. The van der Waals surface area contributed by atoms with E-state index in [9.17, 15) is 13.2 Å². The number of nitrogens with one attached hydrogen (secondary N) is 1. The van der Waals surface area contributed by atoms with Crippen LogP contribution < -0.4 is 5.32 Å². The predicted molar refractivity (Wildman–Crippen MR) is 58.5 cm³/mol. The van der Waals surface area contributed by atoms with Crippen LogP contribution in [0.5, 0.6) is 0 Å². The summed E-state index contributed by atoms with van der Waals surface area (Å²) in [4.78, 5) is 0. The van der Waals surface area contributed by atoms with Crippen LogP contribution in [-0.4, -0.2) is 32.0 Å². The number of ether oxygens (including phenoxy) is 1. The van der Waals surface area contributed by atoms with E-state index < -0.39 is 12.6 Å². The van der Waals surface area contributed by atoms with Gasteiger partial charge in [-0.05, 0) is 19.9 Å². The second kappa shape index (κ2) is 8.82. The lowest BCUT2D eigenvalue weighted by Crippen LogP contribution is -2.28. The summed E-state index contributed by atoms with van der Waals surface area (Å²) in [5.41, 5.74) is 0. The molecule has 98 valence electrons. The third kappa shape index (κ3) is 11.8. The van der Waals surface area contributed by atoms with Crippen LogP contribution in [0.2, 0.25) is 0 Å². The summed E-state index contributed by atoms with van der Waals surface area (Å²) in [6.07, 6.45) is -1.70. The Morgan fingerprint density at radius 1 is 1.25 bits per heavy atom. The molecule has 0 radical (unpaired) electrons. The summed E-state index contributed by atoms with van der Waals surface area (Å²) in [7, 11) is 0. The van der Waals surface area contributed by atoms with Gasteiger partial charge in [-0.25, -0.2) is 0 Å². The molecule has 0 fully saturated rings. The largest absolute Gasteiger partial charge is 0.391 e. The first-order chi connectivity index (χ1) is 7.45. The smallest absolute Gasteiger partial charge is 0.377 e. The Morgan fingerprint density at radius 3 is 2.50 bits per heavy atom. The molecule has 2 nitrogen and oxygen atoms in total. The van der Waals surface area contributed by atoms with E-state index in [0.717, 1.165) is 13.0 Å². The summed E-state index contributed by atoms with van der Waals surface area (Å²) in [5.74, 6) is 0. The van der Waals surface area contributed by atoms with Crippen molar-refractivity contribution in [2.75, 3.05) is 19.7 Å². The normalized spacial score (nSPS) is 14.1. The first-order valence-corrected chi connectivity index (χ1v) is 5.84. The molecular weight excluding hydrogens is 219 g/mol. The van der Waals surface area contributed by atoms with Crippen LogP contribution in [0.25, 0.3) is 0 Å². The molecule has 0 bridgehead atoms. The van der Waals surface area contributed by atoms with Gasteiger partial charge in [0, 0.05) is 6.54 Å². The molecule has 0 amide bonds. The Morgan fingerprint density at radius 2 is 1.94 bits per heavy atom. The number of rotatable bonds is 9.